The number of hydrogen-bond donors (Lipinski definition) is 0. The lowest BCUT2D eigenvalue weighted by molar-refractivity contribution is 0.626. The van der Waals surface area contributed by atoms with E-state index in [0.29, 0.717) is 12.4 Å². The Labute approximate surface area is 120 Å². The summed E-state index contributed by atoms with van der Waals surface area (Å²) in [6.45, 7) is 0.702. The number of hydrogen-bond acceptors (Lipinski definition) is 2. The third-order valence-electron chi connectivity index (χ3n) is 3.29. The number of rotatable bonds is 4. The lowest BCUT2D eigenvalue weighted by Crippen LogP contribution is -2.05. The zero-order chi connectivity index (χ0) is 14.1. The van der Waals surface area contributed by atoms with E-state index in [1.165, 1.54) is 12.1 Å². The van der Waals surface area contributed by atoms with Crippen LogP contribution < -0.4 is 0 Å². The number of halogens is 2. The van der Waals surface area contributed by atoms with Gasteiger partial charge in [0.05, 0.1) is 23.1 Å². The second-order valence-electron chi connectivity index (χ2n) is 4.72. The van der Waals surface area contributed by atoms with Crippen molar-refractivity contribution in [2.45, 2.75) is 18.8 Å². The average Bonchev–Trinajstić information content (AvgIpc) is 2.99. The van der Waals surface area contributed by atoms with Crippen LogP contribution in [0, 0.1) is 5.82 Å². The van der Waals surface area contributed by atoms with Crippen molar-refractivity contribution in [3.63, 3.8) is 0 Å². The van der Waals surface area contributed by atoms with Crippen molar-refractivity contribution in [1.82, 2.24) is 19.3 Å². The van der Waals surface area contributed by atoms with Gasteiger partial charge in [-0.2, -0.15) is 5.10 Å². The Morgan fingerprint density at radius 3 is 2.90 bits per heavy atom. The van der Waals surface area contributed by atoms with E-state index >= 15 is 0 Å². The van der Waals surface area contributed by atoms with E-state index in [4.69, 9.17) is 11.6 Å². The molecule has 1 aromatic carbocycles. The van der Waals surface area contributed by atoms with Gasteiger partial charge in [-0.25, -0.2) is 9.37 Å². The number of imidazole rings is 1. The van der Waals surface area contributed by atoms with Crippen molar-refractivity contribution in [1.29, 1.82) is 0 Å². The third kappa shape index (κ3) is 2.41. The highest BCUT2D eigenvalue weighted by Crippen LogP contribution is 2.19. The molecule has 4 nitrogen and oxygen atoms in total. The van der Waals surface area contributed by atoms with Gasteiger partial charge >= 0.3 is 0 Å². The SMILES string of the molecule is Cn1cc(CCn2c(CCl)nc3ccc(F)cc32)cn1. The number of aromatic nitrogens is 4. The highest BCUT2D eigenvalue weighted by atomic mass is 35.5. The van der Waals surface area contributed by atoms with Gasteiger partial charge in [-0.15, -0.1) is 11.6 Å². The molecule has 0 amide bonds. The number of nitrogens with zero attached hydrogens (tertiary/aromatic N) is 4. The standard InChI is InChI=1S/C14H14ClFN4/c1-19-9-10(8-17-19)4-5-20-13-6-11(16)2-3-12(13)18-14(20)7-15/h2-3,6,8-9H,4-5,7H2,1H3. The first-order chi connectivity index (χ1) is 9.67. The molecule has 0 saturated heterocycles. The maximum absolute atomic E-state index is 13.4. The fourth-order valence-electron chi connectivity index (χ4n) is 2.34. The Hall–Kier alpha value is -1.88. The molecule has 0 unspecified atom stereocenters. The van der Waals surface area contributed by atoms with E-state index in [2.05, 4.69) is 10.1 Å². The summed E-state index contributed by atoms with van der Waals surface area (Å²) in [5, 5.41) is 4.14. The summed E-state index contributed by atoms with van der Waals surface area (Å²) in [6.07, 6.45) is 4.61. The summed E-state index contributed by atoms with van der Waals surface area (Å²) in [5.41, 5.74) is 2.68. The van der Waals surface area contributed by atoms with E-state index in [-0.39, 0.29) is 5.82 Å². The summed E-state index contributed by atoms with van der Waals surface area (Å²) < 4.78 is 17.1. The molecule has 20 heavy (non-hydrogen) atoms. The molecule has 0 bridgehead atoms. The number of alkyl halides is 1. The van der Waals surface area contributed by atoms with Gasteiger partial charge in [0.25, 0.3) is 0 Å². The van der Waals surface area contributed by atoms with Crippen molar-refractivity contribution < 1.29 is 4.39 Å². The van der Waals surface area contributed by atoms with Gasteiger partial charge in [-0.05, 0) is 30.2 Å². The second-order valence-corrected chi connectivity index (χ2v) is 4.99. The van der Waals surface area contributed by atoms with E-state index in [1.54, 1.807) is 10.7 Å². The molecule has 0 aliphatic rings. The maximum Gasteiger partial charge on any atom is 0.125 e. The van der Waals surface area contributed by atoms with Crippen LogP contribution >= 0.6 is 11.6 Å². The molecular formula is C14H14ClFN4. The van der Waals surface area contributed by atoms with Gasteiger partial charge in [0, 0.05) is 19.8 Å². The predicted octanol–water partition coefficient (Wildman–Crippen LogP) is 2.89. The molecule has 3 aromatic rings. The number of fused-ring (bicyclic) bond motifs is 1. The fraction of sp³-hybridized carbons (Fsp3) is 0.286. The minimum atomic E-state index is -0.263. The first-order valence-electron chi connectivity index (χ1n) is 6.35. The summed E-state index contributed by atoms with van der Waals surface area (Å²) in [5.74, 6) is 0.806. The van der Waals surface area contributed by atoms with Crippen LogP contribution in [0.3, 0.4) is 0 Å². The monoisotopic (exact) mass is 292 g/mol. The van der Waals surface area contributed by atoms with Crippen molar-refractivity contribution in [2.24, 2.45) is 7.05 Å². The number of aryl methyl sites for hydroxylation is 3. The summed E-state index contributed by atoms with van der Waals surface area (Å²) in [6, 6.07) is 4.60. The fourth-order valence-corrected chi connectivity index (χ4v) is 2.54. The van der Waals surface area contributed by atoms with Crippen molar-refractivity contribution in [3.05, 3.63) is 47.8 Å². The minimum absolute atomic E-state index is 0.263. The van der Waals surface area contributed by atoms with E-state index in [1.807, 2.05) is 24.0 Å². The largest absolute Gasteiger partial charge is 0.327 e. The van der Waals surface area contributed by atoms with E-state index in [9.17, 15) is 4.39 Å². The molecule has 0 radical (unpaired) electrons. The van der Waals surface area contributed by atoms with Gasteiger partial charge in [-0.1, -0.05) is 0 Å². The van der Waals surface area contributed by atoms with Crippen LogP contribution in [-0.2, 0) is 25.9 Å². The van der Waals surface area contributed by atoms with Crippen molar-refractivity contribution in [2.75, 3.05) is 0 Å². The van der Waals surface area contributed by atoms with Crippen molar-refractivity contribution >= 4 is 22.6 Å². The summed E-state index contributed by atoms with van der Waals surface area (Å²) >= 11 is 5.94. The normalized spacial score (nSPS) is 11.3. The van der Waals surface area contributed by atoms with E-state index < -0.39 is 0 Å². The molecule has 0 fully saturated rings. The molecule has 6 heteroatoms. The molecule has 104 valence electrons. The first kappa shape index (κ1) is 13.1. The molecule has 0 spiro atoms. The molecule has 2 aromatic heterocycles. The third-order valence-corrected chi connectivity index (χ3v) is 3.53. The summed E-state index contributed by atoms with van der Waals surface area (Å²) in [7, 11) is 1.88. The molecule has 0 N–H and O–H groups in total. The van der Waals surface area contributed by atoms with Gasteiger partial charge in [-0.3, -0.25) is 4.68 Å². The topological polar surface area (TPSA) is 35.6 Å². The zero-order valence-corrected chi connectivity index (χ0v) is 11.8. The Kier molecular flexibility index (Phi) is 3.44. The first-order valence-corrected chi connectivity index (χ1v) is 6.89. The quantitative estimate of drug-likeness (QED) is 0.693. The molecule has 0 saturated carbocycles. The van der Waals surface area contributed by atoms with E-state index in [0.717, 1.165) is 28.8 Å². The minimum Gasteiger partial charge on any atom is -0.327 e. The molecule has 0 aliphatic heterocycles. The van der Waals surface area contributed by atoms with Crippen molar-refractivity contribution in [3.8, 4) is 0 Å². The summed E-state index contributed by atoms with van der Waals surface area (Å²) in [4.78, 5) is 4.43. The second kappa shape index (κ2) is 5.25. The maximum atomic E-state index is 13.4. The number of benzene rings is 1. The zero-order valence-electron chi connectivity index (χ0n) is 11.1. The van der Waals surface area contributed by atoms with Crippen LogP contribution in [0.4, 0.5) is 4.39 Å². The smallest absolute Gasteiger partial charge is 0.125 e. The molecule has 0 aliphatic carbocycles. The Morgan fingerprint density at radius 1 is 1.35 bits per heavy atom. The van der Waals surface area contributed by atoms with Gasteiger partial charge < -0.3 is 4.57 Å². The van der Waals surface area contributed by atoms with Crippen LogP contribution in [0.15, 0.2) is 30.6 Å². The average molecular weight is 293 g/mol. The van der Waals surface area contributed by atoms with Gasteiger partial charge in [0.2, 0.25) is 0 Å². The van der Waals surface area contributed by atoms with Crippen LogP contribution in [0.1, 0.15) is 11.4 Å². The van der Waals surface area contributed by atoms with Gasteiger partial charge in [0.1, 0.15) is 11.6 Å². The molecule has 3 rings (SSSR count). The predicted molar refractivity (Wildman–Crippen MR) is 76.2 cm³/mol. The highest BCUT2D eigenvalue weighted by Gasteiger charge is 2.11. The molecule has 0 atom stereocenters. The van der Waals surface area contributed by atoms with Crippen LogP contribution in [0.25, 0.3) is 11.0 Å². The van der Waals surface area contributed by atoms with Crippen LogP contribution in [-0.4, -0.2) is 19.3 Å². The lowest BCUT2D eigenvalue weighted by atomic mass is 10.2. The highest BCUT2D eigenvalue weighted by molar-refractivity contribution is 6.16. The Morgan fingerprint density at radius 2 is 2.20 bits per heavy atom. The molecule has 2 heterocycles. The lowest BCUT2D eigenvalue weighted by Gasteiger charge is -2.06. The molecular weight excluding hydrogens is 279 g/mol. The van der Waals surface area contributed by atoms with Crippen LogP contribution in [0.5, 0.6) is 0 Å². The Balaban J connectivity index is 1.94. The van der Waals surface area contributed by atoms with Crippen LogP contribution in [0.2, 0.25) is 0 Å². The Bertz CT molecular complexity index is 747. The van der Waals surface area contributed by atoms with Gasteiger partial charge in [0.15, 0.2) is 0 Å².